The molecule has 1 aliphatic rings. The maximum atomic E-state index is 12.8. The number of pyridine rings is 1. The number of nitrogens with zero attached hydrogens (tertiary/aromatic N) is 4. The van der Waals surface area contributed by atoms with E-state index in [2.05, 4.69) is 24.7 Å². The zero-order valence-electron chi connectivity index (χ0n) is 16.8. The van der Waals surface area contributed by atoms with Gasteiger partial charge in [-0.3, -0.25) is 19.5 Å². The Hall–Kier alpha value is -2.97. The van der Waals surface area contributed by atoms with Gasteiger partial charge in [0.05, 0.1) is 35.5 Å². The first-order chi connectivity index (χ1) is 15.5. The Morgan fingerprint density at radius 2 is 1.97 bits per heavy atom. The molecule has 1 atom stereocenters. The summed E-state index contributed by atoms with van der Waals surface area (Å²) in [7, 11) is -3.47. The Bertz CT molecular complexity index is 1270. The van der Waals surface area contributed by atoms with Gasteiger partial charge >= 0.3 is 6.18 Å². The van der Waals surface area contributed by atoms with Crippen LogP contribution >= 0.6 is 11.3 Å². The molecule has 0 aliphatic heterocycles. The summed E-state index contributed by atoms with van der Waals surface area (Å²) >= 11 is 1.03. The lowest BCUT2D eigenvalue weighted by atomic mass is 10.1. The molecule has 3 heterocycles. The number of ketones is 1. The van der Waals surface area contributed by atoms with Crippen molar-refractivity contribution < 1.29 is 26.4 Å². The van der Waals surface area contributed by atoms with Crippen LogP contribution in [0, 0.1) is 0 Å². The topological polar surface area (TPSA) is 141 Å². The summed E-state index contributed by atoms with van der Waals surface area (Å²) in [6.07, 6.45) is -0.430. The highest BCUT2D eigenvalue weighted by atomic mass is 32.2. The number of nitrogens with two attached hydrogens (primary N) is 1. The van der Waals surface area contributed by atoms with E-state index in [-0.39, 0.29) is 22.9 Å². The van der Waals surface area contributed by atoms with Crippen molar-refractivity contribution >= 4 is 32.3 Å². The molecule has 1 aliphatic carbocycles. The first-order valence-electron chi connectivity index (χ1n) is 9.63. The molecule has 0 amide bonds. The maximum absolute atomic E-state index is 12.8. The molecular formula is C19H17F3N6O3S2. The van der Waals surface area contributed by atoms with Crippen molar-refractivity contribution in [2.75, 3.05) is 4.72 Å². The van der Waals surface area contributed by atoms with Gasteiger partial charge in [-0.1, -0.05) is 0 Å². The molecule has 3 aromatic heterocycles. The molecule has 9 nitrogen and oxygen atoms in total. The number of thiazole rings is 1. The second kappa shape index (κ2) is 8.76. The zero-order chi connectivity index (χ0) is 23.8. The van der Waals surface area contributed by atoms with E-state index in [1.165, 1.54) is 29.9 Å². The number of halogens is 3. The number of rotatable bonds is 8. The molecular weight excluding hydrogens is 481 g/mol. The van der Waals surface area contributed by atoms with Crippen molar-refractivity contribution in [1.82, 2.24) is 19.9 Å². The molecule has 0 aromatic carbocycles. The second-order valence-corrected chi connectivity index (χ2v) is 10.2. The van der Waals surface area contributed by atoms with E-state index in [1.807, 2.05) is 0 Å². The first kappa shape index (κ1) is 23.2. The minimum Gasteiger partial charge on any atom is -0.316 e. The highest BCUT2D eigenvalue weighted by molar-refractivity contribution is 7.93. The molecule has 174 valence electrons. The van der Waals surface area contributed by atoms with Crippen molar-refractivity contribution in [2.45, 2.75) is 36.7 Å². The van der Waals surface area contributed by atoms with Crippen molar-refractivity contribution in [3.05, 3.63) is 53.2 Å². The molecule has 0 bridgehead atoms. The van der Waals surface area contributed by atoms with E-state index in [4.69, 9.17) is 5.73 Å². The Balaban J connectivity index is 1.41. The van der Waals surface area contributed by atoms with Gasteiger partial charge in [0.25, 0.3) is 0 Å². The van der Waals surface area contributed by atoms with E-state index in [1.54, 1.807) is 0 Å². The summed E-state index contributed by atoms with van der Waals surface area (Å²) < 4.78 is 64.9. The first-order valence-corrected chi connectivity index (χ1v) is 12.1. The van der Waals surface area contributed by atoms with Gasteiger partial charge in [0.1, 0.15) is 6.04 Å². The van der Waals surface area contributed by atoms with Crippen molar-refractivity contribution in [1.29, 1.82) is 0 Å². The number of sulfonamides is 1. The summed E-state index contributed by atoms with van der Waals surface area (Å²) in [6, 6.07) is 1.88. The van der Waals surface area contributed by atoms with Crippen LogP contribution in [0.2, 0.25) is 0 Å². The van der Waals surface area contributed by atoms with Crippen molar-refractivity contribution in [3.63, 3.8) is 0 Å². The number of hydrogen-bond acceptors (Lipinski definition) is 9. The average Bonchev–Trinajstić information content (AvgIpc) is 3.54. The van der Waals surface area contributed by atoms with Gasteiger partial charge < -0.3 is 5.73 Å². The summed E-state index contributed by atoms with van der Waals surface area (Å²) in [5.41, 5.74) is 5.74. The normalized spacial score (nSPS) is 15.3. The number of alkyl halides is 3. The van der Waals surface area contributed by atoms with Gasteiger partial charge in [0.15, 0.2) is 16.6 Å². The molecule has 4 rings (SSSR count). The van der Waals surface area contributed by atoms with Crippen LogP contribution in [0.25, 0.3) is 11.3 Å². The largest absolute Gasteiger partial charge is 0.434 e. The molecule has 14 heteroatoms. The highest BCUT2D eigenvalue weighted by Gasteiger charge is 2.36. The van der Waals surface area contributed by atoms with Gasteiger partial charge in [0, 0.05) is 22.8 Å². The minimum atomic E-state index is -4.62. The highest BCUT2D eigenvalue weighted by Crippen LogP contribution is 2.31. The summed E-state index contributed by atoms with van der Waals surface area (Å²) in [4.78, 5) is 27.9. The molecule has 1 unspecified atom stereocenters. The maximum Gasteiger partial charge on any atom is 0.434 e. The Labute approximate surface area is 190 Å². The van der Waals surface area contributed by atoms with E-state index >= 15 is 0 Å². The number of carbonyl (C=O) groups is 1. The number of Topliss-reactive ketones (excluding diaryl/α,β-unsaturated/α-hetero) is 1. The number of nitrogens with one attached hydrogen (secondary N) is 1. The lowest BCUT2D eigenvalue weighted by Gasteiger charge is -2.09. The van der Waals surface area contributed by atoms with E-state index < -0.39 is 39.0 Å². The van der Waals surface area contributed by atoms with E-state index in [0.29, 0.717) is 30.3 Å². The number of carbonyl (C=O) groups excluding carboxylic acids is 1. The molecule has 3 aromatic rings. The third-order valence-corrected chi connectivity index (χ3v) is 7.51. The Morgan fingerprint density at radius 1 is 1.21 bits per heavy atom. The molecule has 0 saturated heterocycles. The fourth-order valence-corrected chi connectivity index (χ4v) is 5.18. The second-order valence-electron chi connectivity index (χ2n) is 7.37. The van der Waals surface area contributed by atoms with E-state index in [0.717, 1.165) is 11.3 Å². The lowest BCUT2D eigenvalue weighted by Crippen LogP contribution is -2.24. The molecule has 3 N–H and O–H groups in total. The van der Waals surface area contributed by atoms with Gasteiger partial charge in [-0.25, -0.2) is 18.4 Å². The van der Waals surface area contributed by atoms with Crippen LogP contribution in [0.3, 0.4) is 0 Å². The number of anilines is 1. The minimum absolute atomic E-state index is 0.00412. The Kier molecular flexibility index (Phi) is 6.16. The van der Waals surface area contributed by atoms with Crippen molar-refractivity contribution in [2.24, 2.45) is 5.73 Å². The molecule has 1 saturated carbocycles. The third-order valence-electron chi connectivity index (χ3n) is 4.78. The van der Waals surface area contributed by atoms with Crippen LogP contribution in [-0.2, 0) is 27.4 Å². The smallest absolute Gasteiger partial charge is 0.316 e. The standard InChI is InChI=1S/C19H17F3N6O3S2/c20-19(21,22)16-8-24-7-13(26-16)10-1-2-11(25-6-10)5-15(29)17(23)14-9-32-18(27-14)28-33(30,31)12-3-4-12/h1-2,6-9,12,17H,3-5,23H2,(H,27,28). The monoisotopic (exact) mass is 498 g/mol. The summed E-state index contributed by atoms with van der Waals surface area (Å²) in [5.74, 6) is -0.406. The van der Waals surface area contributed by atoms with Crippen LogP contribution in [0.1, 0.15) is 36.0 Å². The summed E-state index contributed by atoms with van der Waals surface area (Å²) in [5, 5.41) is 1.25. The molecule has 0 spiro atoms. The predicted molar refractivity (Wildman–Crippen MR) is 114 cm³/mol. The molecule has 0 radical (unpaired) electrons. The van der Waals surface area contributed by atoms with Gasteiger partial charge in [-0.2, -0.15) is 13.2 Å². The van der Waals surface area contributed by atoms with Crippen molar-refractivity contribution in [3.8, 4) is 11.3 Å². The quantitative estimate of drug-likeness (QED) is 0.483. The van der Waals surface area contributed by atoms with Crippen LogP contribution in [0.4, 0.5) is 18.3 Å². The van der Waals surface area contributed by atoms with E-state index in [9.17, 15) is 26.4 Å². The van der Waals surface area contributed by atoms with Gasteiger partial charge in [-0.05, 0) is 25.0 Å². The fraction of sp³-hybridized carbons (Fsp3) is 0.316. The molecule has 1 fully saturated rings. The summed E-state index contributed by atoms with van der Waals surface area (Å²) in [6.45, 7) is 0. The van der Waals surface area contributed by atoms with Crippen LogP contribution in [0.15, 0.2) is 36.1 Å². The number of aromatic nitrogens is 4. The van der Waals surface area contributed by atoms with Crippen LogP contribution < -0.4 is 10.5 Å². The third kappa shape index (κ3) is 5.51. The fourth-order valence-electron chi connectivity index (χ4n) is 2.83. The van der Waals surface area contributed by atoms with Crippen LogP contribution in [-0.4, -0.2) is 39.4 Å². The molecule has 33 heavy (non-hydrogen) atoms. The lowest BCUT2D eigenvalue weighted by molar-refractivity contribution is -0.141. The number of hydrogen-bond donors (Lipinski definition) is 2. The zero-order valence-corrected chi connectivity index (χ0v) is 18.4. The average molecular weight is 499 g/mol. The van der Waals surface area contributed by atoms with Gasteiger partial charge in [0.2, 0.25) is 10.0 Å². The predicted octanol–water partition coefficient (Wildman–Crippen LogP) is 2.73. The Morgan fingerprint density at radius 3 is 2.61 bits per heavy atom. The van der Waals surface area contributed by atoms with Crippen LogP contribution in [0.5, 0.6) is 0 Å². The van der Waals surface area contributed by atoms with Gasteiger partial charge in [-0.15, -0.1) is 11.3 Å². The SMILES string of the molecule is NC(C(=O)Cc1ccc(-c2cncc(C(F)(F)F)n2)cn1)c1csc(NS(=O)(=O)C2CC2)n1.